The van der Waals surface area contributed by atoms with Crippen LogP contribution in [0, 0.1) is 0 Å². The first kappa shape index (κ1) is 25.9. The Kier molecular flexibility index (Phi) is 12.4. The molecule has 3 N–H and O–H groups in total. The Morgan fingerprint density at radius 2 is 2.03 bits per heavy atom. The second-order valence-corrected chi connectivity index (χ2v) is 8.52. The van der Waals surface area contributed by atoms with E-state index < -0.39 is 10.0 Å². The molecule has 1 aromatic carbocycles. The van der Waals surface area contributed by atoms with Gasteiger partial charge in [0, 0.05) is 33.8 Å². The summed E-state index contributed by atoms with van der Waals surface area (Å²) in [6.07, 6.45) is 8.38. The average Bonchev–Trinajstić information content (AvgIpc) is 2.71. The third kappa shape index (κ3) is 9.45. The number of allylic oxidation sites excluding steroid dienone is 1. The van der Waals surface area contributed by atoms with Crippen LogP contribution in [0.1, 0.15) is 37.7 Å². The summed E-state index contributed by atoms with van der Waals surface area (Å²) >= 11 is 0. The fraction of sp³-hybridized carbons (Fsp3) is 0.550. The van der Waals surface area contributed by atoms with E-state index >= 15 is 0 Å². The summed E-state index contributed by atoms with van der Waals surface area (Å²) in [5.41, 5.74) is 2.39. The van der Waals surface area contributed by atoms with Gasteiger partial charge < -0.3 is 15.4 Å². The minimum absolute atomic E-state index is 0. The van der Waals surface area contributed by atoms with Gasteiger partial charge in [0.1, 0.15) is 0 Å². The number of benzene rings is 1. The molecule has 0 amide bonds. The number of guanidine groups is 1. The number of sulfonamides is 1. The highest BCUT2D eigenvalue weighted by atomic mass is 127. The number of methoxy groups -OCH3 is 1. The number of hydrogen-bond acceptors (Lipinski definition) is 4. The van der Waals surface area contributed by atoms with E-state index in [0.29, 0.717) is 19.1 Å². The van der Waals surface area contributed by atoms with Crippen molar-refractivity contribution in [1.29, 1.82) is 0 Å². The second-order valence-electron chi connectivity index (χ2n) is 6.75. The van der Waals surface area contributed by atoms with Gasteiger partial charge in [0.15, 0.2) is 5.96 Å². The molecule has 0 saturated heterocycles. The van der Waals surface area contributed by atoms with E-state index in [-0.39, 0.29) is 35.4 Å². The summed E-state index contributed by atoms with van der Waals surface area (Å²) < 4.78 is 32.0. The van der Waals surface area contributed by atoms with Crippen molar-refractivity contribution in [3.63, 3.8) is 0 Å². The number of hydrogen-bond donors (Lipinski definition) is 3. The standard InChI is InChI=1S/C20H32N4O3S.HI/c1-21-20(22-12-11-17-7-4-3-5-8-17)23-16-18-9-6-10-19(15-18)28(25,26)24-13-14-27-2;/h6-7,9-10,15,24H,3-5,8,11-14,16H2,1-2H3,(H2,21,22,23);1H. The van der Waals surface area contributed by atoms with Crippen molar-refractivity contribution < 1.29 is 13.2 Å². The van der Waals surface area contributed by atoms with Crippen LogP contribution in [0.5, 0.6) is 0 Å². The third-order valence-corrected chi connectivity index (χ3v) is 6.07. The van der Waals surface area contributed by atoms with Crippen LogP contribution in [-0.2, 0) is 21.3 Å². The molecule has 0 aromatic heterocycles. The van der Waals surface area contributed by atoms with Crippen LogP contribution in [0.3, 0.4) is 0 Å². The Balaban J connectivity index is 0.00000420. The number of aliphatic imine (C=N–C) groups is 1. The minimum atomic E-state index is -3.54. The van der Waals surface area contributed by atoms with E-state index in [1.54, 1.807) is 25.2 Å². The Bertz CT molecular complexity index is 782. The van der Waals surface area contributed by atoms with Crippen molar-refractivity contribution in [2.75, 3.05) is 33.9 Å². The Hall–Kier alpha value is -1.17. The molecule has 0 heterocycles. The summed E-state index contributed by atoms with van der Waals surface area (Å²) in [6.45, 7) is 1.90. The van der Waals surface area contributed by atoms with Gasteiger partial charge in [-0.05, 0) is 49.8 Å². The highest BCUT2D eigenvalue weighted by Gasteiger charge is 2.13. The van der Waals surface area contributed by atoms with Crippen molar-refractivity contribution in [3.8, 4) is 0 Å². The van der Waals surface area contributed by atoms with E-state index in [4.69, 9.17) is 4.74 Å². The lowest BCUT2D eigenvalue weighted by atomic mass is 9.97. The van der Waals surface area contributed by atoms with Crippen molar-refractivity contribution in [3.05, 3.63) is 41.5 Å². The highest BCUT2D eigenvalue weighted by molar-refractivity contribution is 14.0. The molecule has 164 valence electrons. The SMILES string of the molecule is CN=C(NCCC1=CCCCC1)NCc1cccc(S(=O)(=O)NCCOC)c1.I. The molecule has 29 heavy (non-hydrogen) atoms. The Morgan fingerprint density at radius 1 is 1.21 bits per heavy atom. The lowest BCUT2D eigenvalue weighted by molar-refractivity contribution is 0.204. The van der Waals surface area contributed by atoms with Crippen molar-refractivity contribution in [2.24, 2.45) is 4.99 Å². The van der Waals surface area contributed by atoms with E-state index in [0.717, 1.165) is 18.5 Å². The molecule has 1 aromatic rings. The topological polar surface area (TPSA) is 91.8 Å². The van der Waals surface area contributed by atoms with Crippen LogP contribution in [-0.4, -0.2) is 48.2 Å². The van der Waals surface area contributed by atoms with Gasteiger partial charge in [-0.2, -0.15) is 0 Å². The zero-order chi connectivity index (χ0) is 20.2. The molecule has 0 aliphatic heterocycles. The van der Waals surface area contributed by atoms with Crippen LogP contribution in [0.4, 0.5) is 0 Å². The van der Waals surface area contributed by atoms with Gasteiger partial charge in [0.05, 0.1) is 11.5 Å². The minimum Gasteiger partial charge on any atom is -0.383 e. The maximum absolute atomic E-state index is 12.3. The first-order valence-corrected chi connectivity index (χ1v) is 11.2. The molecular weight excluding hydrogens is 503 g/mol. The molecule has 9 heteroatoms. The maximum atomic E-state index is 12.3. The van der Waals surface area contributed by atoms with Gasteiger partial charge in [0.2, 0.25) is 10.0 Å². The van der Waals surface area contributed by atoms with E-state index in [1.807, 2.05) is 6.07 Å². The molecule has 0 radical (unpaired) electrons. The van der Waals surface area contributed by atoms with Gasteiger partial charge in [-0.3, -0.25) is 4.99 Å². The van der Waals surface area contributed by atoms with Crippen molar-refractivity contribution >= 4 is 40.0 Å². The number of nitrogens with zero attached hydrogens (tertiary/aromatic N) is 1. The maximum Gasteiger partial charge on any atom is 0.240 e. The Labute approximate surface area is 191 Å². The highest BCUT2D eigenvalue weighted by Crippen LogP contribution is 2.19. The summed E-state index contributed by atoms with van der Waals surface area (Å²) in [7, 11) is -0.268. The molecule has 0 atom stereocenters. The summed E-state index contributed by atoms with van der Waals surface area (Å²) in [4.78, 5) is 4.48. The van der Waals surface area contributed by atoms with E-state index in [9.17, 15) is 8.42 Å². The summed E-state index contributed by atoms with van der Waals surface area (Å²) in [5, 5.41) is 6.56. The second kappa shape index (κ2) is 13.9. The predicted molar refractivity (Wildman–Crippen MR) is 128 cm³/mol. The van der Waals surface area contributed by atoms with Crippen LogP contribution >= 0.6 is 24.0 Å². The Morgan fingerprint density at radius 3 is 2.72 bits per heavy atom. The van der Waals surface area contributed by atoms with Crippen LogP contribution in [0.2, 0.25) is 0 Å². The molecule has 0 bridgehead atoms. The number of ether oxygens (including phenoxy) is 1. The van der Waals surface area contributed by atoms with Crippen LogP contribution in [0.25, 0.3) is 0 Å². The third-order valence-electron chi connectivity index (χ3n) is 4.61. The van der Waals surface area contributed by atoms with Crippen LogP contribution in [0.15, 0.2) is 45.8 Å². The molecule has 1 aliphatic carbocycles. The zero-order valence-electron chi connectivity index (χ0n) is 17.2. The molecular formula is C20H33IN4O3S. The van der Waals surface area contributed by atoms with E-state index in [1.165, 1.54) is 38.4 Å². The first-order valence-electron chi connectivity index (χ1n) is 9.75. The predicted octanol–water partition coefficient (Wildman–Crippen LogP) is 2.78. The lowest BCUT2D eigenvalue weighted by Gasteiger charge is -2.15. The monoisotopic (exact) mass is 536 g/mol. The van der Waals surface area contributed by atoms with Gasteiger partial charge in [-0.1, -0.05) is 23.8 Å². The summed E-state index contributed by atoms with van der Waals surface area (Å²) in [5.74, 6) is 0.711. The van der Waals surface area contributed by atoms with Gasteiger partial charge in [-0.25, -0.2) is 13.1 Å². The van der Waals surface area contributed by atoms with Gasteiger partial charge in [-0.15, -0.1) is 24.0 Å². The number of halogens is 1. The van der Waals surface area contributed by atoms with Gasteiger partial charge in [0.25, 0.3) is 0 Å². The average molecular weight is 536 g/mol. The first-order chi connectivity index (χ1) is 13.5. The van der Waals surface area contributed by atoms with E-state index in [2.05, 4.69) is 26.4 Å². The van der Waals surface area contributed by atoms with Crippen molar-refractivity contribution in [2.45, 2.75) is 43.5 Å². The molecule has 7 nitrogen and oxygen atoms in total. The van der Waals surface area contributed by atoms with Crippen LogP contribution < -0.4 is 15.4 Å². The normalized spacial score (nSPS) is 14.7. The lowest BCUT2D eigenvalue weighted by Crippen LogP contribution is -2.37. The number of nitrogens with one attached hydrogen (secondary N) is 3. The molecule has 0 saturated carbocycles. The molecule has 1 aliphatic rings. The fourth-order valence-corrected chi connectivity index (χ4v) is 4.15. The smallest absolute Gasteiger partial charge is 0.240 e. The van der Waals surface area contributed by atoms with Gasteiger partial charge >= 0.3 is 0 Å². The summed E-state index contributed by atoms with van der Waals surface area (Å²) in [6, 6.07) is 6.89. The largest absolute Gasteiger partial charge is 0.383 e. The fourth-order valence-electron chi connectivity index (χ4n) is 3.06. The van der Waals surface area contributed by atoms with Crippen molar-refractivity contribution in [1.82, 2.24) is 15.4 Å². The quantitative estimate of drug-likeness (QED) is 0.141. The number of rotatable bonds is 10. The molecule has 0 spiro atoms. The molecule has 2 rings (SSSR count). The molecule has 0 fully saturated rings. The zero-order valence-corrected chi connectivity index (χ0v) is 20.4. The molecule has 0 unspecified atom stereocenters.